The van der Waals surface area contributed by atoms with E-state index in [1.165, 1.54) is 18.2 Å². The Labute approximate surface area is 135 Å². The van der Waals surface area contributed by atoms with Gasteiger partial charge in [0, 0.05) is 3.57 Å². The quantitative estimate of drug-likeness (QED) is 0.612. The van der Waals surface area contributed by atoms with Crippen LogP contribution < -0.4 is 5.32 Å². The molecule has 0 saturated heterocycles. The lowest BCUT2D eigenvalue weighted by molar-refractivity contribution is 0.102. The zero-order valence-corrected chi connectivity index (χ0v) is 13.9. The third kappa shape index (κ3) is 3.59. The largest absolute Gasteiger partial charge is 0.334 e. The zero-order valence-electron chi connectivity index (χ0n) is 10.9. The van der Waals surface area contributed by atoms with Gasteiger partial charge in [-0.2, -0.15) is 8.42 Å². The van der Waals surface area contributed by atoms with E-state index in [2.05, 4.69) is 5.32 Å². The van der Waals surface area contributed by atoms with Crippen molar-refractivity contribution in [1.82, 2.24) is 0 Å². The number of halogens is 2. The number of hydrogen-bond donors (Lipinski definition) is 1. The van der Waals surface area contributed by atoms with Gasteiger partial charge in [-0.1, -0.05) is 24.3 Å². The molecule has 0 radical (unpaired) electrons. The first-order chi connectivity index (χ1) is 9.80. The summed E-state index contributed by atoms with van der Waals surface area (Å²) in [5.41, 5.74) is 1.25. The maximum absolute atomic E-state index is 13.2. The monoisotopic (exact) mass is 419 g/mol. The molecule has 0 spiro atoms. The van der Waals surface area contributed by atoms with E-state index in [4.69, 9.17) is 0 Å². The summed E-state index contributed by atoms with van der Waals surface area (Å²) >= 11 is 2.03. The summed E-state index contributed by atoms with van der Waals surface area (Å²) in [6.45, 7) is 1.86. The Morgan fingerprint density at radius 1 is 1.14 bits per heavy atom. The average Bonchev–Trinajstić information content (AvgIpc) is 2.41. The molecule has 0 heterocycles. The van der Waals surface area contributed by atoms with Crippen LogP contribution in [0.15, 0.2) is 47.4 Å². The van der Waals surface area contributed by atoms with Crippen LogP contribution in [0.4, 0.5) is 9.57 Å². The zero-order chi connectivity index (χ0) is 15.6. The standard InChI is InChI=1S/C14H11FINO3S/c1-9-5-4-6-10(13(9)16)14(18)17-11-7-2-3-8-12(11)21(15,19)20/h2-8H,1H3,(H,17,18). The van der Waals surface area contributed by atoms with Crippen molar-refractivity contribution in [2.45, 2.75) is 11.8 Å². The van der Waals surface area contributed by atoms with Gasteiger partial charge >= 0.3 is 10.2 Å². The summed E-state index contributed by atoms with van der Waals surface area (Å²) < 4.78 is 36.1. The van der Waals surface area contributed by atoms with Crippen LogP contribution in [0.25, 0.3) is 0 Å². The number of carbonyl (C=O) groups excluding carboxylic acids is 1. The first kappa shape index (κ1) is 15.9. The molecule has 1 N–H and O–H groups in total. The van der Waals surface area contributed by atoms with Crippen molar-refractivity contribution in [2.24, 2.45) is 0 Å². The maximum atomic E-state index is 13.2. The van der Waals surface area contributed by atoms with Crippen molar-refractivity contribution < 1.29 is 17.1 Å². The van der Waals surface area contributed by atoms with Gasteiger partial charge in [0.05, 0.1) is 11.3 Å². The second-order valence-electron chi connectivity index (χ2n) is 4.32. The summed E-state index contributed by atoms with van der Waals surface area (Å²) in [6.07, 6.45) is 0. The Bertz CT molecular complexity index is 806. The highest BCUT2D eigenvalue weighted by Gasteiger charge is 2.19. The van der Waals surface area contributed by atoms with Crippen LogP contribution >= 0.6 is 22.6 Å². The van der Waals surface area contributed by atoms with Crippen molar-refractivity contribution in [3.63, 3.8) is 0 Å². The van der Waals surface area contributed by atoms with Gasteiger partial charge in [0.15, 0.2) is 0 Å². The molecule has 0 aliphatic carbocycles. The fourth-order valence-electron chi connectivity index (χ4n) is 1.79. The number of hydrogen-bond acceptors (Lipinski definition) is 3. The molecule has 0 unspecified atom stereocenters. The lowest BCUT2D eigenvalue weighted by Crippen LogP contribution is -2.15. The molecule has 0 bridgehead atoms. The van der Waals surface area contributed by atoms with Gasteiger partial charge in [0.2, 0.25) is 0 Å². The predicted molar refractivity (Wildman–Crippen MR) is 86.6 cm³/mol. The molecule has 1 amide bonds. The average molecular weight is 419 g/mol. The number of nitrogens with one attached hydrogen (secondary N) is 1. The first-order valence-electron chi connectivity index (χ1n) is 5.91. The van der Waals surface area contributed by atoms with E-state index in [0.29, 0.717) is 5.56 Å². The number of benzene rings is 2. The summed E-state index contributed by atoms with van der Waals surface area (Å²) in [7, 11) is -4.90. The minimum Gasteiger partial charge on any atom is -0.321 e. The van der Waals surface area contributed by atoms with E-state index >= 15 is 0 Å². The molecule has 0 saturated carbocycles. The molecule has 2 aromatic rings. The minimum absolute atomic E-state index is 0.0812. The second kappa shape index (κ2) is 6.10. The highest BCUT2D eigenvalue weighted by molar-refractivity contribution is 14.1. The lowest BCUT2D eigenvalue weighted by atomic mass is 10.1. The highest BCUT2D eigenvalue weighted by atomic mass is 127. The molecule has 110 valence electrons. The SMILES string of the molecule is Cc1cccc(C(=O)Nc2ccccc2S(=O)(=O)F)c1I. The number of aryl methyl sites for hydroxylation is 1. The van der Waals surface area contributed by atoms with Crippen LogP contribution in [0.3, 0.4) is 0 Å². The van der Waals surface area contributed by atoms with Gasteiger partial charge in [-0.25, -0.2) is 0 Å². The van der Waals surface area contributed by atoms with Crippen LogP contribution in [0, 0.1) is 10.5 Å². The molecule has 2 rings (SSSR count). The molecule has 0 aliphatic heterocycles. The van der Waals surface area contributed by atoms with Crippen molar-refractivity contribution in [1.29, 1.82) is 0 Å². The van der Waals surface area contributed by atoms with E-state index in [-0.39, 0.29) is 5.69 Å². The van der Waals surface area contributed by atoms with E-state index in [1.54, 1.807) is 12.1 Å². The van der Waals surface area contributed by atoms with E-state index in [1.807, 2.05) is 35.6 Å². The molecular formula is C14H11FINO3S. The number of para-hydroxylation sites is 1. The Hall–Kier alpha value is -1.48. The molecule has 2 aromatic carbocycles. The Morgan fingerprint density at radius 2 is 1.81 bits per heavy atom. The lowest BCUT2D eigenvalue weighted by Gasteiger charge is -2.10. The van der Waals surface area contributed by atoms with Gasteiger partial charge in [-0.15, -0.1) is 3.89 Å². The molecular weight excluding hydrogens is 408 g/mol. The maximum Gasteiger partial charge on any atom is 0.334 e. The summed E-state index contributed by atoms with van der Waals surface area (Å²) in [6, 6.07) is 10.6. The van der Waals surface area contributed by atoms with Gasteiger partial charge in [0.1, 0.15) is 4.90 Å². The van der Waals surface area contributed by atoms with E-state index < -0.39 is 21.0 Å². The minimum atomic E-state index is -4.90. The molecule has 7 heteroatoms. The van der Waals surface area contributed by atoms with Crippen molar-refractivity contribution in [2.75, 3.05) is 5.32 Å². The van der Waals surface area contributed by atoms with Gasteiger partial charge in [0.25, 0.3) is 5.91 Å². The molecule has 0 aliphatic rings. The van der Waals surface area contributed by atoms with Crippen LogP contribution in [0.2, 0.25) is 0 Å². The smallest absolute Gasteiger partial charge is 0.321 e. The van der Waals surface area contributed by atoms with Crippen molar-refractivity contribution >= 4 is 44.4 Å². The van der Waals surface area contributed by atoms with Gasteiger partial charge in [-0.05, 0) is 53.3 Å². The normalized spacial score (nSPS) is 11.2. The molecule has 0 atom stereocenters. The fraction of sp³-hybridized carbons (Fsp3) is 0.0714. The Balaban J connectivity index is 2.40. The first-order valence-corrected chi connectivity index (χ1v) is 8.37. The van der Waals surface area contributed by atoms with Crippen molar-refractivity contribution in [3.8, 4) is 0 Å². The predicted octanol–water partition coefficient (Wildman–Crippen LogP) is 3.51. The van der Waals surface area contributed by atoms with Crippen LogP contribution in [-0.4, -0.2) is 14.3 Å². The second-order valence-corrected chi connectivity index (χ2v) is 6.72. The van der Waals surface area contributed by atoms with Crippen LogP contribution in [-0.2, 0) is 10.2 Å². The van der Waals surface area contributed by atoms with Crippen LogP contribution in [0.5, 0.6) is 0 Å². The van der Waals surface area contributed by atoms with E-state index in [9.17, 15) is 17.1 Å². The highest BCUT2D eigenvalue weighted by Crippen LogP contribution is 2.24. The summed E-state index contributed by atoms with van der Waals surface area (Å²) in [5, 5.41) is 2.44. The van der Waals surface area contributed by atoms with E-state index in [0.717, 1.165) is 15.2 Å². The summed E-state index contributed by atoms with van der Waals surface area (Å²) in [5.74, 6) is -0.487. The Morgan fingerprint density at radius 3 is 2.48 bits per heavy atom. The number of amides is 1. The van der Waals surface area contributed by atoms with Gasteiger partial charge < -0.3 is 5.32 Å². The van der Waals surface area contributed by atoms with Gasteiger partial charge in [-0.3, -0.25) is 4.79 Å². The Kier molecular flexibility index (Phi) is 4.62. The molecule has 21 heavy (non-hydrogen) atoms. The molecule has 4 nitrogen and oxygen atoms in total. The number of anilines is 1. The summed E-state index contributed by atoms with van der Waals surface area (Å²) in [4.78, 5) is 11.7. The van der Waals surface area contributed by atoms with Crippen LogP contribution in [0.1, 0.15) is 15.9 Å². The number of rotatable bonds is 3. The topological polar surface area (TPSA) is 63.2 Å². The number of carbonyl (C=O) groups is 1. The fourth-order valence-corrected chi connectivity index (χ4v) is 3.02. The third-order valence-electron chi connectivity index (χ3n) is 2.83. The van der Waals surface area contributed by atoms with Crippen molar-refractivity contribution in [3.05, 3.63) is 57.2 Å². The molecule has 0 aromatic heterocycles. The third-order valence-corrected chi connectivity index (χ3v) is 5.15. The molecule has 0 fully saturated rings.